The average molecular weight is 518 g/mol. The van der Waals surface area contributed by atoms with Crippen molar-refractivity contribution in [1.29, 1.82) is 0 Å². The van der Waals surface area contributed by atoms with Crippen LogP contribution >= 0.6 is 23.2 Å². The van der Waals surface area contributed by atoms with Gasteiger partial charge in [0, 0.05) is 36.5 Å². The summed E-state index contributed by atoms with van der Waals surface area (Å²) in [7, 11) is -3.28. The molecular formula is C21H19Cl2F2N3O4S. The minimum absolute atomic E-state index is 0.000227. The third-order valence-electron chi connectivity index (χ3n) is 5.43. The molecule has 0 spiro atoms. The second-order valence-corrected chi connectivity index (χ2v) is 10.3. The van der Waals surface area contributed by atoms with Gasteiger partial charge in [0.1, 0.15) is 17.7 Å². The number of benzene rings is 1. The highest BCUT2D eigenvalue weighted by atomic mass is 35.5. The molecule has 0 radical (unpaired) electrons. The van der Waals surface area contributed by atoms with Crippen LogP contribution in [0.5, 0.6) is 5.75 Å². The van der Waals surface area contributed by atoms with E-state index in [0.29, 0.717) is 24.4 Å². The van der Waals surface area contributed by atoms with Crippen LogP contribution in [-0.2, 0) is 10.0 Å². The molecule has 2 aromatic heterocycles. The van der Waals surface area contributed by atoms with E-state index in [0.717, 1.165) is 11.1 Å². The van der Waals surface area contributed by atoms with Gasteiger partial charge in [0.2, 0.25) is 15.8 Å². The Hall–Kier alpha value is -2.40. The molecule has 0 unspecified atom stereocenters. The molecule has 1 aliphatic heterocycles. The number of fused-ring (bicyclic) bond motifs is 1. The zero-order chi connectivity index (χ0) is 24.1. The predicted octanol–water partition coefficient (Wildman–Crippen LogP) is 5.18. The van der Waals surface area contributed by atoms with Crippen molar-refractivity contribution in [2.75, 3.05) is 25.1 Å². The number of rotatable bonds is 5. The van der Waals surface area contributed by atoms with Crippen LogP contribution < -0.4 is 10.5 Å². The molecule has 1 aromatic carbocycles. The zero-order valence-electron chi connectivity index (χ0n) is 17.5. The smallest absolute Gasteiger partial charge is 0.211 e. The summed E-state index contributed by atoms with van der Waals surface area (Å²) >= 11 is 12.0. The molecule has 3 heterocycles. The van der Waals surface area contributed by atoms with Crippen LogP contribution in [0.1, 0.15) is 30.6 Å². The van der Waals surface area contributed by atoms with Crippen molar-refractivity contribution in [2.45, 2.75) is 19.4 Å². The Bertz CT molecular complexity index is 1370. The minimum atomic E-state index is -3.28. The highest BCUT2D eigenvalue weighted by molar-refractivity contribution is 7.88. The molecule has 0 saturated carbocycles. The Labute approximate surface area is 198 Å². The number of anilines is 1. The first kappa shape index (κ1) is 23.7. The third-order valence-corrected chi connectivity index (χ3v) is 7.47. The lowest BCUT2D eigenvalue weighted by atomic mass is 10.0. The summed E-state index contributed by atoms with van der Waals surface area (Å²) in [6.45, 7) is 2.09. The fourth-order valence-electron chi connectivity index (χ4n) is 3.72. The maximum absolute atomic E-state index is 14.0. The number of nitrogens with two attached hydrogens (primary N) is 1. The summed E-state index contributed by atoms with van der Waals surface area (Å²) in [6.07, 6.45) is 5.49. The molecule has 2 N–H and O–H groups in total. The van der Waals surface area contributed by atoms with Crippen molar-refractivity contribution in [3.8, 4) is 5.75 Å². The Balaban J connectivity index is 1.71. The Morgan fingerprint density at radius 1 is 1.27 bits per heavy atom. The van der Waals surface area contributed by atoms with Crippen LogP contribution in [0.3, 0.4) is 0 Å². The van der Waals surface area contributed by atoms with Crippen LogP contribution in [-0.4, -0.2) is 37.1 Å². The Morgan fingerprint density at radius 3 is 2.52 bits per heavy atom. The highest BCUT2D eigenvalue weighted by Crippen LogP contribution is 2.42. The molecule has 1 aliphatic rings. The summed E-state index contributed by atoms with van der Waals surface area (Å²) in [5, 5.41) is -0.140. The van der Waals surface area contributed by atoms with Gasteiger partial charge in [-0.15, -0.1) is 0 Å². The summed E-state index contributed by atoms with van der Waals surface area (Å²) in [5.41, 5.74) is 7.81. The van der Waals surface area contributed by atoms with Gasteiger partial charge >= 0.3 is 0 Å². The summed E-state index contributed by atoms with van der Waals surface area (Å²) < 4.78 is 64.4. The molecule has 3 aromatic rings. The standard InChI is InChI=1S/C21H19Cl2F2N3O4S/c1-10(16-17(22)14(24)7-15(25)18(16)23)32-20-19-12(8-27-21(20)26)13(9-31-19)11-3-5-28(6-4-11)33(2,29)30/h3,7-10H,4-6H2,1-2H3,(H2,26,27)/t10-/m1/s1. The van der Waals surface area contributed by atoms with Gasteiger partial charge in [-0.1, -0.05) is 29.3 Å². The Morgan fingerprint density at radius 2 is 1.94 bits per heavy atom. The lowest BCUT2D eigenvalue weighted by molar-refractivity contribution is 0.227. The van der Waals surface area contributed by atoms with E-state index in [4.69, 9.17) is 38.1 Å². The molecule has 0 amide bonds. The summed E-state index contributed by atoms with van der Waals surface area (Å²) in [4.78, 5) is 4.16. The Kier molecular flexibility index (Phi) is 6.30. The number of aromatic nitrogens is 1. The van der Waals surface area contributed by atoms with Crippen molar-refractivity contribution < 1.29 is 26.4 Å². The van der Waals surface area contributed by atoms with E-state index >= 15 is 0 Å². The molecule has 7 nitrogen and oxygen atoms in total. The van der Waals surface area contributed by atoms with E-state index in [1.165, 1.54) is 29.9 Å². The van der Waals surface area contributed by atoms with Gasteiger partial charge in [-0.05, 0) is 18.9 Å². The van der Waals surface area contributed by atoms with E-state index in [1.54, 1.807) is 0 Å². The van der Waals surface area contributed by atoms with E-state index in [2.05, 4.69) is 4.98 Å². The van der Waals surface area contributed by atoms with Crippen LogP contribution in [0.4, 0.5) is 14.6 Å². The lowest BCUT2D eigenvalue weighted by Gasteiger charge is -2.23. The van der Waals surface area contributed by atoms with Crippen LogP contribution in [0, 0.1) is 11.6 Å². The molecule has 0 aliphatic carbocycles. The van der Waals surface area contributed by atoms with Crippen LogP contribution in [0.15, 0.2) is 29.0 Å². The average Bonchev–Trinajstić information content (AvgIpc) is 3.18. The monoisotopic (exact) mass is 517 g/mol. The van der Waals surface area contributed by atoms with E-state index < -0.39 is 27.8 Å². The van der Waals surface area contributed by atoms with E-state index in [-0.39, 0.29) is 39.3 Å². The van der Waals surface area contributed by atoms with Crippen molar-refractivity contribution in [3.05, 3.63) is 57.4 Å². The van der Waals surface area contributed by atoms with Gasteiger partial charge in [0.05, 0.1) is 28.0 Å². The van der Waals surface area contributed by atoms with Crippen molar-refractivity contribution >= 4 is 55.6 Å². The number of nitrogens with zero attached hydrogens (tertiary/aromatic N) is 2. The normalized spacial score (nSPS) is 16.1. The molecule has 12 heteroatoms. The largest absolute Gasteiger partial charge is 0.478 e. The van der Waals surface area contributed by atoms with Gasteiger partial charge in [-0.25, -0.2) is 22.2 Å². The van der Waals surface area contributed by atoms with Crippen molar-refractivity contribution in [3.63, 3.8) is 0 Å². The van der Waals surface area contributed by atoms with Crippen molar-refractivity contribution in [1.82, 2.24) is 9.29 Å². The molecule has 33 heavy (non-hydrogen) atoms. The molecule has 0 saturated heterocycles. The number of hydrogen-bond donors (Lipinski definition) is 1. The lowest BCUT2D eigenvalue weighted by Crippen LogP contribution is -2.33. The number of furan rings is 1. The number of nitrogen functional groups attached to an aromatic ring is 1. The predicted molar refractivity (Wildman–Crippen MR) is 123 cm³/mol. The van der Waals surface area contributed by atoms with Crippen LogP contribution in [0.25, 0.3) is 16.5 Å². The third kappa shape index (κ3) is 4.40. The molecule has 0 fully saturated rings. The summed E-state index contributed by atoms with van der Waals surface area (Å²) in [5.74, 6) is -1.88. The van der Waals surface area contributed by atoms with E-state index in [1.807, 2.05) is 6.08 Å². The van der Waals surface area contributed by atoms with Gasteiger partial charge in [0.25, 0.3) is 0 Å². The number of sulfonamides is 1. The summed E-state index contributed by atoms with van der Waals surface area (Å²) in [6, 6.07) is 0.596. The molecule has 0 bridgehead atoms. The number of pyridine rings is 1. The first-order valence-corrected chi connectivity index (χ1v) is 12.4. The molecule has 176 valence electrons. The highest BCUT2D eigenvalue weighted by Gasteiger charge is 2.26. The number of hydrogen-bond acceptors (Lipinski definition) is 6. The van der Waals surface area contributed by atoms with E-state index in [9.17, 15) is 17.2 Å². The second-order valence-electron chi connectivity index (χ2n) is 7.61. The number of ether oxygens (including phenoxy) is 1. The van der Waals surface area contributed by atoms with Gasteiger partial charge in [-0.3, -0.25) is 0 Å². The topological polar surface area (TPSA) is 98.7 Å². The van der Waals surface area contributed by atoms with Gasteiger partial charge in [-0.2, -0.15) is 4.31 Å². The molecule has 1 atom stereocenters. The first-order chi connectivity index (χ1) is 15.5. The van der Waals surface area contributed by atoms with Crippen molar-refractivity contribution in [2.24, 2.45) is 0 Å². The second kappa shape index (κ2) is 8.75. The molecular weight excluding hydrogens is 499 g/mol. The fourth-order valence-corrected chi connectivity index (χ4v) is 5.15. The zero-order valence-corrected chi connectivity index (χ0v) is 19.9. The van der Waals surface area contributed by atoms with Gasteiger partial charge < -0.3 is 14.9 Å². The minimum Gasteiger partial charge on any atom is -0.478 e. The van der Waals surface area contributed by atoms with Gasteiger partial charge in [0.15, 0.2) is 11.4 Å². The number of halogens is 4. The fraction of sp³-hybridized carbons (Fsp3) is 0.286. The quantitative estimate of drug-likeness (QED) is 0.468. The first-order valence-electron chi connectivity index (χ1n) is 9.78. The maximum Gasteiger partial charge on any atom is 0.211 e. The van der Waals surface area contributed by atoms with Crippen LogP contribution in [0.2, 0.25) is 10.0 Å². The molecule has 4 rings (SSSR count). The maximum atomic E-state index is 14.0. The SMILES string of the molecule is C[C@@H](Oc1c(N)ncc2c(C3=CCN(S(C)(=O)=O)CC3)coc12)c1c(Cl)c(F)cc(F)c1Cl.